The van der Waals surface area contributed by atoms with Gasteiger partial charge in [0.1, 0.15) is 11.7 Å². The Balaban J connectivity index is 1.05. The third-order valence-electron chi connectivity index (χ3n) is 9.43. The summed E-state index contributed by atoms with van der Waals surface area (Å²) in [6.07, 6.45) is -0.373. The minimum Gasteiger partial charge on any atom is -0.324 e. The first kappa shape index (κ1) is 30.4. The van der Waals surface area contributed by atoms with E-state index in [9.17, 15) is 0 Å². The van der Waals surface area contributed by atoms with E-state index in [1.807, 2.05) is 42.5 Å². The summed E-state index contributed by atoms with van der Waals surface area (Å²) >= 11 is 1.74. The lowest BCUT2D eigenvalue weighted by Gasteiger charge is -2.22. The van der Waals surface area contributed by atoms with Crippen molar-refractivity contribution in [2.24, 2.45) is 9.98 Å². The molecule has 0 aliphatic carbocycles. The van der Waals surface area contributed by atoms with E-state index in [2.05, 4.69) is 139 Å². The Morgan fingerprint density at radius 1 is 0.510 bits per heavy atom. The second-order valence-corrected chi connectivity index (χ2v) is 13.6. The van der Waals surface area contributed by atoms with Gasteiger partial charge in [0, 0.05) is 10.3 Å². The van der Waals surface area contributed by atoms with E-state index in [1.54, 1.807) is 11.3 Å². The minimum absolute atomic E-state index is 0.373. The van der Waals surface area contributed by atoms with E-state index in [0.717, 1.165) is 49.9 Å². The topological polar surface area (TPSA) is 60.5 Å². The predicted molar refractivity (Wildman–Crippen MR) is 212 cm³/mol. The third-order valence-corrected chi connectivity index (χ3v) is 10.6. The number of fused-ring (bicyclic) bond motifs is 2. The molecule has 5 heteroatoms. The summed E-state index contributed by atoms with van der Waals surface area (Å²) in [5, 5.41) is 16.3. The minimum atomic E-state index is -0.373. The number of benzene rings is 7. The molecule has 0 saturated carbocycles. The van der Waals surface area contributed by atoms with E-state index >= 15 is 0 Å². The Morgan fingerprint density at radius 2 is 1.06 bits per heavy atom. The molecule has 51 heavy (non-hydrogen) atoms. The van der Waals surface area contributed by atoms with Gasteiger partial charge in [-0.15, -0.1) is 11.3 Å². The third kappa shape index (κ3) is 5.88. The molecule has 240 valence electrons. The van der Waals surface area contributed by atoms with Crippen LogP contribution in [-0.4, -0.2) is 11.7 Å². The monoisotopic (exact) mass is 670 g/mol. The Morgan fingerprint density at radius 3 is 1.71 bits per heavy atom. The lowest BCUT2D eigenvalue weighted by Crippen LogP contribution is -2.35. The van der Waals surface area contributed by atoms with Crippen LogP contribution in [0.1, 0.15) is 27.7 Å². The quantitative estimate of drug-likeness (QED) is 0.191. The zero-order chi connectivity index (χ0) is 34.1. The van der Waals surface area contributed by atoms with E-state index in [-0.39, 0.29) is 6.17 Å². The maximum absolute atomic E-state index is 9.15. The molecule has 1 aromatic heterocycles. The van der Waals surface area contributed by atoms with Crippen molar-refractivity contribution in [1.82, 2.24) is 5.32 Å². The van der Waals surface area contributed by atoms with Gasteiger partial charge >= 0.3 is 0 Å². The van der Waals surface area contributed by atoms with Crippen LogP contribution in [0.15, 0.2) is 180 Å². The smallest absolute Gasteiger partial charge is 0.169 e. The maximum Gasteiger partial charge on any atom is 0.169 e. The van der Waals surface area contributed by atoms with E-state index in [1.165, 1.54) is 32.0 Å². The number of hydrogen-bond donors (Lipinski definition) is 1. The Labute approximate surface area is 300 Å². The van der Waals surface area contributed by atoms with Gasteiger partial charge in [0.2, 0.25) is 0 Å². The number of nitriles is 1. The summed E-state index contributed by atoms with van der Waals surface area (Å²) in [5.74, 6) is 1.66. The summed E-state index contributed by atoms with van der Waals surface area (Å²) in [4.78, 5) is 11.3. The van der Waals surface area contributed by atoms with Crippen molar-refractivity contribution < 1.29 is 0 Å². The molecule has 0 saturated heterocycles. The zero-order valence-corrected chi connectivity index (χ0v) is 28.3. The molecule has 7 aromatic carbocycles. The fourth-order valence-electron chi connectivity index (χ4n) is 6.78. The summed E-state index contributed by atoms with van der Waals surface area (Å²) < 4.78 is 1.24. The number of amidine groups is 2. The van der Waals surface area contributed by atoms with Gasteiger partial charge in [-0.1, -0.05) is 146 Å². The van der Waals surface area contributed by atoms with Crippen molar-refractivity contribution >= 4 is 43.9 Å². The number of hydrogen-bond acceptors (Lipinski definition) is 5. The molecule has 0 spiro atoms. The normalized spacial score (nSPS) is 14.1. The number of nitrogens with zero attached hydrogens (tertiary/aromatic N) is 3. The summed E-state index contributed by atoms with van der Waals surface area (Å²) in [5.41, 5.74) is 9.64. The molecule has 0 radical (unpaired) electrons. The highest BCUT2D eigenvalue weighted by Crippen LogP contribution is 2.37. The van der Waals surface area contributed by atoms with Crippen LogP contribution in [0.3, 0.4) is 0 Å². The summed E-state index contributed by atoms with van der Waals surface area (Å²) in [6.45, 7) is 0. The molecule has 1 atom stereocenters. The van der Waals surface area contributed by atoms with E-state index in [0.29, 0.717) is 5.56 Å². The fourth-order valence-corrected chi connectivity index (χ4v) is 7.80. The molecule has 0 fully saturated rings. The second kappa shape index (κ2) is 13.0. The average molecular weight is 671 g/mol. The molecule has 4 nitrogen and oxygen atoms in total. The molecule has 1 aliphatic rings. The number of rotatable bonds is 6. The van der Waals surface area contributed by atoms with Gasteiger partial charge in [0.15, 0.2) is 6.17 Å². The highest BCUT2D eigenvalue weighted by atomic mass is 32.1. The molecule has 0 amide bonds. The Hall–Kier alpha value is -6.61. The van der Waals surface area contributed by atoms with E-state index in [4.69, 9.17) is 15.2 Å². The molecular weight excluding hydrogens is 641 g/mol. The molecular formula is C46H30N4S. The Bertz CT molecular complexity index is 2610. The van der Waals surface area contributed by atoms with Crippen LogP contribution in [0.5, 0.6) is 0 Å². The second-order valence-electron chi connectivity index (χ2n) is 12.6. The van der Waals surface area contributed by atoms with Crippen molar-refractivity contribution in [3.8, 4) is 39.4 Å². The number of thiophene rings is 1. The van der Waals surface area contributed by atoms with Crippen molar-refractivity contribution in [2.45, 2.75) is 6.17 Å². The molecule has 0 bridgehead atoms. The Kier molecular flexibility index (Phi) is 7.77. The van der Waals surface area contributed by atoms with Crippen LogP contribution in [0.2, 0.25) is 0 Å². The SMILES string of the molecule is N#Cc1ccc(-c2ccc(-c3ccc(-c4ccc(C5N=C(c6ccccc6)NC(c6cc7ccccc7s6)=N5)cc4)c4ccccc34)cc2)cc1. The van der Waals surface area contributed by atoms with Crippen molar-refractivity contribution in [3.05, 3.63) is 191 Å². The lowest BCUT2D eigenvalue weighted by atomic mass is 9.91. The first-order valence-corrected chi connectivity index (χ1v) is 17.7. The molecule has 1 unspecified atom stereocenters. The molecule has 1 aliphatic heterocycles. The molecule has 8 aromatic rings. The van der Waals surface area contributed by atoms with Crippen LogP contribution in [-0.2, 0) is 0 Å². The van der Waals surface area contributed by atoms with Crippen LogP contribution < -0.4 is 5.32 Å². The number of aliphatic imine (C=N–C) groups is 2. The van der Waals surface area contributed by atoms with Crippen LogP contribution in [0.4, 0.5) is 0 Å². The van der Waals surface area contributed by atoms with Crippen LogP contribution in [0, 0.1) is 11.3 Å². The average Bonchev–Trinajstić information content (AvgIpc) is 3.66. The standard InChI is InChI=1S/C46H30N4S/c47-29-30-14-16-31(17-15-30)32-18-20-33(21-19-32)38-26-27-39(41-12-6-5-11-40(38)41)34-22-24-36(25-23-34)45-48-44(35-8-2-1-3-9-35)49-46(50-45)43-28-37-10-4-7-13-42(37)51-43/h1-28,45H,(H,48,49,50). The molecule has 9 rings (SSSR count). The van der Waals surface area contributed by atoms with Gasteiger partial charge in [-0.3, -0.25) is 0 Å². The van der Waals surface area contributed by atoms with E-state index < -0.39 is 0 Å². The van der Waals surface area contributed by atoms with Crippen molar-refractivity contribution in [3.63, 3.8) is 0 Å². The fraction of sp³-hybridized carbons (Fsp3) is 0.0217. The first-order chi connectivity index (χ1) is 25.2. The maximum atomic E-state index is 9.15. The first-order valence-electron chi connectivity index (χ1n) is 16.9. The van der Waals surface area contributed by atoms with Crippen LogP contribution >= 0.6 is 11.3 Å². The van der Waals surface area contributed by atoms with Gasteiger partial charge in [-0.25, -0.2) is 9.98 Å². The lowest BCUT2D eigenvalue weighted by molar-refractivity contribution is 0.756. The highest BCUT2D eigenvalue weighted by molar-refractivity contribution is 7.20. The van der Waals surface area contributed by atoms with Crippen molar-refractivity contribution in [2.75, 3.05) is 0 Å². The predicted octanol–water partition coefficient (Wildman–Crippen LogP) is 11.4. The van der Waals surface area contributed by atoms with Gasteiger partial charge in [0.05, 0.1) is 16.5 Å². The molecule has 1 N–H and O–H groups in total. The van der Waals surface area contributed by atoms with Gasteiger partial charge in [0.25, 0.3) is 0 Å². The summed E-state index contributed by atoms with van der Waals surface area (Å²) in [6, 6.07) is 61.3. The summed E-state index contributed by atoms with van der Waals surface area (Å²) in [7, 11) is 0. The molecule has 2 heterocycles. The van der Waals surface area contributed by atoms with Crippen molar-refractivity contribution in [1.29, 1.82) is 5.26 Å². The van der Waals surface area contributed by atoms with Gasteiger partial charge in [-0.2, -0.15) is 5.26 Å². The zero-order valence-electron chi connectivity index (χ0n) is 27.5. The highest BCUT2D eigenvalue weighted by Gasteiger charge is 2.22. The largest absolute Gasteiger partial charge is 0.324 e. The van der Waals surface area contributed by atoms with Gasteiger partial charge < -0.3 is 5.32 Å². The van der Waals surface area contributed by atoms with Gasteiger partial charge in [-0.05, 0) is 79.4 Å². The number of nitrogens with one attached hydrogen (secondary N) is 1. The van der Waals surface area contributed by atoms with Crippen LogP contribution in [0.25, 0.3) is 54.2 Å².